The highest BCUT2D eigenvalue weighted by molar-refractivity contribution is 5.71. The monoisotopic (exact) mass is 919 g/mol. The van der Waals surface area contributed by atoms with Gasteiger partial charge in [0.25, 0.3) is 0 Å². The van der Waals surface area contributed by atoms with Gasteiger partial charge in [-0.1, -0.05) is 297 Å². The summed E-state index contributed by atoms with van der Waals surface area (Å²) in [5.74, 6) is 0.0112. The molecule has 0 spiro atoms. The maximum absolute atomic E-state index is 12.9. The van der Waals surface area contributed by atoms with Crippen LogP contribution in [0.5, 0.6) is 0 Å². The predicted molar refractivity (Wildman–Crippen MR) is 280 cm³/mol. The van der Waals surface area contributed by atoms with Gasteiger partial charge in [-0.3, -0.25) is 14.4 Å². The van der Waals surface area contributed by atoms with E-state index < -0.39 is 6.10 Å². The Kier molecular flexibility index (Phi) is 52.1. The first-order valence-electron chi connectivity index (χ1n) is 29.4. The Morgan fingerprint density at radius 1 is 0.308 bits per heavy atom. The molecule has 0 saturated heterocycles. The Morgan fingerprint density at radius 2 is 0.538 bits per heavy atom. The smallest absolute Gasteiger partial charge is 0.306 e. The van der Waals surface area contributed by atoms with E-state index in [9.17, 15) is 14.4 Å². The van der Waals surface area contributed by atoms with Crippen molar-refractivity contribution in [3.05, 3.63) is 0 Å². The maximum Gasteiger partial charge on any atom is 0.306 e. The van der Waals surface area contributed by atoms with Crippen molar-refractivity contribution >= 4 is 17.9 Å². The number of ether oxygens (including phenoxy) is 3. The summed E-state index contributed by atoms with van der Waals surface area (Å²) in [6, 6.07) is 0. The average molecular weight is 920 g/mol. The molecule has 1 unspecified atom stereocenters. The van der Waals surface area contributed by atoms with Gasteiger partial charge in [-0.05, 0) is 25.2 Å². The zero-order chi connectivity index (χ0) is 47.4. The lowest BCUT2D eigenvalue weighted by molar-refractivity contribution is -0.167. The van der Waals surface area contributed by atoms with Crippen molar-refractivity contribution in [2.24, 2.45) is 5.92 Å². The van der Waals surface area contributed by atoms with E-state index in [1.165, 1.54) is 231 Å². The molecule has 0 N–H and O–H groups in total. The number of unbranched alkanes of at least 4 members (excludes halogenated alkanes) is 40. The van der Waals surface area contributed by atoms with Crippen LogP contribution in [0.15, 0.2) is 0 Å². The predicted octanol–water partition coefficient (Wildman–Crippen LogP) is 19.4. The molecule has 2 atom stereocenters. The molecule has 0 aliphatic carbocycles. The lowest BCUT2D eigenvalue weighted by Crippen LogP contribution is -2.30. The molecule has 0 saturated carbocycles. The standard InChI is InChI=1S/C59H114O6/c1-5-8-10-12-14-16-18-20-22-24-26-28-30-32-34-40-44-48-52-59(62)65-56(54-64-58(61)51-47-43-39-36-35-37-41-45-49-55(4)7-3)53-63-57(60)50-46-42-38-33-31-29-27-25-23-21-19-17-15-13-11-9-6-2/h55-56H,5-54H2,1-4H3/t55?,56-/m0/s1. The van der Waals surface area contributed by atoms with Gasteiger partial charge in [0.1, 0.15) is 13.2 Å². The van der Waals surface area contributed by atoms with Crippen LogP contribution in [-0.4, -0.2) is 37.2 Å². The molecule has 0 aromatic carbocycles. The second kappa shape index (κ2) is 53.4. The molecule has 0 rings (SSSR count). The molecule has 6 nitrogen and oxygen atoms in total. The van der Waals surface area contributed by atoms with Crippen molar-refractivity contribution in [2.75, 3.05) is 13.2 Å². The van der Waals surface area contributed by atoms with E-state index >= 15 is 0 Å². The van der Waals surface area contributed by atoms with Gasteiger partial charge in [-0.15, -0.1) is 0 Å². The van der Waals surface area contributed by atoms with Gasteiger partial charge in [0.2, 0.25) is 0 Å². The highest BCUT2D eigenvalue weighted by atomic mass is 16.6. The van der Waals surface area contributed by atoms with Crippen molar-refractivity contribution in [1.29, 1.82) is 0 Å². The summed E-state index contributed by atoms with van der Waals surface area (Å²) in [5, 5.41) is 0. The summed E-state index contributed by atoms with van der Waals surface area (Å²) < 4.78 is 16.9. The molecule has 0 aliphatic rings. The van der Waals surface area contributed by atoms with Gasteiger partial charge < -0.3 is 14.2 Å². The van der Waals surface area contributed by atoms with Crippen LogP contribution in [0.4, 0.5) is 0 Å². The van der Waals surface area contributed by atoms with Crippen LogP contribution in [0.3, 0.4) is 0 Å². The van der Waals surface area contributed by atoms with Crippen molar-refractivity contribution in [3.63, 3.8) is 0 Å². The molecular weight excluding hydrogens is 805 g/mol. The van der Waals surface area contributed by atoms with E-state index in [1.807, 2.05) is 0 Å². The number of rotatable bonds is 54. The summed E-state index contributed by atoms with van der Waals surface area (Å²) in [6.45, 7) is 9.06. The molecule has 0 radical (unpaired) electrons. The summed E-state index contributed by atoms with van der Waals surface area (Å²) in [6.07, 6.45) is 58.1. The molecule has 0 fully saturated rings. The van der Waals surface area contributed by atoms with Gasteiger partial charge in [0, 0.05) is 19.3 Å². The molecule has 0 heterocycles. The normalized spacial score (nSPS) is 12.4. The third-order valence-electron chi connectivity index (χ3n) is 13.9. The quantitative estimate of drug-likeness (QED) is 0.0344. The Bertz CT molecular complexity index is 982. The first-order chi connectivity index (χ1) is 31.9. The van der Waals surface area contributed by atoms with Crippen LogP contribution in [0, 0.1) is 5.92 Å². The number of hydrogen-bond acceptors (Lipinski definition) is 6. The molecule has 65 heavy (non-hydrogen) atoms. The molecule has 0 amide bonds. The fourth-order valence-corrected chi connectivity index (χ4v) is 9.07. The fraction of sp³-hybridized carbons (Fsp3) is 0.949. The number of carbonyl (C=O) groups excluding carboxylic acids is 3. The lowest BCUT2D eigenvalue weighted by atomic mass is 9.99. The van der Waals surface area contributed by atoms with Crippen molar-refractivity contribution in [2.45, 2.75) is 342 Å². The van der Waals surface area contributed by atoms with Crippen LogP contribution in [0.1, 0.15) is 336 Å². The Hall–Kier alpha value is -1.59. The average Bonchev–Trinajstić information content (AvgIpc) is 3.30. The number of carbonyl (C=O) groups is 3. The minimum Gasteiger partial charge on any atom is -0.462 e. The third-order valence-corrected chi connectivity index (χ3v) is 13.9. The van der Waals surface area contributed by atoms with Gasteiger partial charge in [-0.2, -0.15) is 0 Å². The van der Waals surface area contributed by atoms with Gasteiger partial charge >= 0.3 is 17.9 Å². The zero-order valence-corrected chi connectivity index (χ0v) is 44.5. The highest BCUT2D eigenvalue weighted by Crippen LogP contribution is 2.18. The third kappa shape index (κ3) is 51.6. The molecule has 0 aromatic heterocycles. The molecule has 6 heteroatoms. The number of esters is 3. The lowest BCUT2D eigenvalue weighted by Gasteiger charge is -2.18. The second-order valence-electron chi connectivity index (χ2n) is 20.5. The molecular formula is C59H114O6. The van der Waals surface area contributed by atoms with E-state index in [4.69, 9.17) is 14.2 Å². The Morgan fingerprint density at radius 3 is 0.800 bits per heavy atom. The summed E-state index contributed by atoms with van der Waals surface area (Å²) >= 11 is 0. The van der Waals surface area contributed by atoms with Crippen LogP contribution in [0.2, 0.25) is 0 Å². The van der Waals surface area contributed by atoms with Crippen LogP contribution >= 0.6 is 0 Å². The van der Waals surface area contributed by atoms with Crippen LogP contribution in [-0.2, 0) is 28.6 Å². The van der Waals surface area contributed by atoms with E-state index in [0.717, 1.165) is 63.7 Å². The van der Waals surface area contributed by atoms with E-state index in [1.54, 1.807) is 0 Å². The van der Waals surface area contributed by atoms with E-state index in [0.29, 0.717) is 19.3 Å². The molecule has 0 bridgehead atoms. The first-order valence-corrected chi connectivity index (χ1v) is 29.4. The van der Waals surface area contributed by atoms with E-state index in [2.05, 4.69) is 27.7 Å². The molecule has 386 valence electrons. The van der Waals surface area contributed by atoms with Gasteiger partial charge in [0.15, 0.2) is 6.10 Å². The zero-order valence-electron chi connectivity index (χ0n) is 44.5. The summed E-state index contributed by atoms with van der Waals surface area (Å²) in [4.78, 5) is 38.1. The van der Waals surface area contributed by atoms with E-state index in [-0.39, 0.29) is 31.1 Å². The largest absolute Gasteiger partial charge is 0.462 e. The van der Waals surface area contributed by atoms with Crippen molar-refractivity contribution in [1.82, 2.24) is 0 Å². The van der Waals surface area contributed by atoms with Crippen LogP contribution in [0.25, 0.3) is 0 Å². The Labute approximate surface area is 406 Å². The topological polar surface area (TPSA) is 78.9 Å². The molecule has 0 aliphatic heterocycles. The fourth-order valence-electron chi connectivity index (χ4n) is 9.07. The van der Waals surface area contributed by atoms with Crippen molar-refractivity contribution in [3.8, 4) is 0 Å². The second-order valence-corrected chi connectivity index (χ2v) is 20.5. The maximum atomic E-state index is 12.9. The summed E-state index contributed by atoms with van der Waals surface area (Å²) in [5.41, 5.74) is 0. The highest BCUT2D eigenvalue weighted by Gasteiger charge is 2.19. The van der Waals surface area contributed by atoms with Gasteiger partial charge in [-0.25, -0.2) is 0 Å². The molecule has 0 aromatic rings. The Balaban J connectivity index is 4.28. The first kappa shape index (κ1) is 63.4. The van der Waals surface area contributed by atoms with Crippen molar-refractivity contribution < 1.29 is 28.6 Å². The van der Waals surface area contributed by atoms with Crippen LogP contribution < -0.4 is 0 Å². The minimum atomic E-state index is -0.762. The minimum absolute atomic E-state index is 0.0622. The number of hydrogen-bond donors (Lipinski definition) is 0. The SMILES string of the molecule is CCCCCCCCCCCCCCCCCCCCC(=O)O[C@@H](COC(=O)CCCCCCCCCCCCCCCCCCC)COC(=O)CCCCCCCCCCC(C)CC. The van der Waals surface area contributed by atoms with Gasteiger partial charge in [0.05, 0.1) is 0 Å². The summed E-state index contributed by atoms with van der Waals surface area (Å²) in [7, 11) is 0.